The number of sulfonamides is 2. The summed E-state index contributed by atoms with van der Waals surface area (Å²) in [5, 5.41) is 0. The van der Waals surface area contributed by atoms with E-state index in [0.29, 0.717) is 44.0 Å². The van der Waals surface area contributed by atoms with E-state index in [1.165, 1.54) is 18.4 Å². The predicted octanol–water partition coefficient (Wildman–Crippen LogP) is 1.82. The van der Waals surface area contributed by atoms with Crippen LogP contribution in [-0.2, 0) is 20.0 Å². The lowest BCUT2D eigenvalue weighted by Gasteiger charge is -2.35. The molecule has 0 spiro atoms. The zero-order valence-electron chi connectivity index (χ0n) is 18.7. The maximum absolute atomic E-state index is 13.4. The molecule has 0 aliphatic carbocycles. The lowest BCUT2D eigenvalue weighted by atomic mass is 9.95. The van der Waals surface area contributed by atoms with Gasteiger partial charge < -0.3 is 4.90 Å². The van der Waals surface area contributed by atoms with E-state index in [9.17, 15) is 16.8 Å². The van der Waals surface area contributed by atoms with Crippen LogP contribution in [-0.4, -0.2) is 82.9 Å². The quantitative estimate of drug-likeness (QED) is 0.640. The van der Waals surface area contributed by atoms with Gasteiger partial charge in [0.1, 0.15) is 0 Å². The van der Waals surface area contributed by atoms with Gasteiger partial charge in [-0.15, -0.1) is 0 Å². The Balaban J connectivity index is 2.08. The molecule has 0 bridgehead atoms. The summed E-state index contributed by atoms with van der Waals surface area (Å²) in [6.07, 6.45) is 0.543. The lowest BCUT2D eigenvalue weighted by molar-refractivity contribution is 0.188. The first-order chi connectivity index (χ1) is 13.3. The Kier molecular flexibility index (Phi) is 7.54. The van der Waals surface area contributed by atoms with Gasteiger partial charge in [-0.3, -0.25) is 0 Å². The van der Waals surface area contributed by atoms with Gasteiger partial charge in [0.05, 0.1) is 10.6 Å². The Morgan fingerprint density at radius 1 is 0.759 bits per heavy atom. The van der Waals surface area contributed by atoms with Crippen LogP contribution in [0.25, 0.3) is 0 Å². The molecule has 0 N–H and O–H groups in total. The summed E-state index contributed by atoms with van der Waals surface area (Å²) in [5.41, 5.74) is 4.89. The second kappa shape index (κ2) is 9.01. The Bertz CT molecular complexity index is 933. The molecular formula is C20H35N3O4S2. The summed E-state index contributed by atoms with van der Waals surface area (Å²) in [6.45, 7) is 12.5. The van der Waals surface area contributed by atoms with Crippen LogP contribution in [0.2, 0.25) is 0 Å². The topological polar surface area (TPSA) is 78.0 Å². The fourth-order valence-corrected chi connectivity index (χ4v) is 6.67. The van der Waals surface area contributed by atoms with Crippen molar-refractivity contribution in [1.82, 2.24) is 13.5 Å². The Morgan fingerprint density at radius 3 is 1.66 bits per heavy atom. The second-order valence-corrected chi connectivity index (χ2v) is 12.3. The van der Waals surface area contributed by atoms with Crippen molar-refractivity contribution in [2.45, 2.75) is 45.9 Å². The van der Waals surface area contributed by atoms with E-state index in [1.807, 2.05) is 34.6 Å². The highest BCUT2D eigenvalue weighted by Crippen LogP contribution is 2.31. The second-order valence-electron chi connectivity index (χ2n) is 8.15. The number of nitrogens with zero attached hydrogens (tertiary/aromatic N) is 3. The lowest BCUT2D eigenvalue weighted by Crippen LogP contribution is -2.49. The van der Waals surface area contributed by atoms with E-state index in [1.54, 1.807) is 4.31 Å². The first-order valence-corrected chi connectivity index (χ1v) is 13.0. The van der Waals surface area contributed by atoms with Crippen molar-refractivity contribution in [3.63, 3.8) is 0 Å². The Hall–Kier alpha value is -1.00. The van der Waals surface area contributed by atoms with E-state index in [-0.39, 0.29) is 5.75 Å². The summed E-state index contributed by atoms with van der Waals surface area (Å²) in [6, 6.07) is 0. The number of hydrogen-bond donors (Lipinski definition) is 0. The first-order valence-electron chi connectivity index (χ1n) is 10.0. The van der Waals surface area contributed by atoms with Crippen molar-refractivity contribution >= 4 is 20.0 Å². The van der Waals surface area contributed by atoms with Crippen LogP contribution in [0, 0.1) is 34.6 Å². The molecule has 1 heterocycles. The van der Waals surface area contributed by atoms with Gasteiger partial charge in [-0.05, 0) is 75.4 Å². The Labute approximate surface area is 176 Å². The number of piperazine rings is 1. The third-order valence-electron chi connectivity index (χ3n) is 6.29. The van der Waals surface area contributed by atoms with Gasteiger partial charge in [-0.2, -0.15) is 4.31 Å². The zero-order valence-corrected chi connectivity index (χ0v) is 20.4. The highest BCUT2D eigenvalue weighted by atomic mass is 32.2. The molecule has 0 saturated carbocycles. The molecule has 1 saturated heterocycles. The molecular weight excluding hydrogens is 410 g/mol. The molecule has 1 aliphatic heterocycles. The molecule has 1 aromatic carbocycles. The van der Waals surface area contributed by atoms with Crippen LogP contribution in [0.1, 0.15) is 34.2 Å². The fraction of sp³-hybridized carbons (Fsp3) is 0.700. The monoisotopic (exact) mass is 445 g/mol. The van der Waals surface area contributed by atoms with Crippen LogP contribution in [0.4, 0.5) is 0 Å². The molecule has 29 heavy (non-hydrogen) atoms. The largest absolute Gasteiger partial charge is 0.301 e. The van der Waals surface area contributed by atoms with E-state index in [4.69, 9.17) is 0 Å². The smallest absolute Gasteiger partial charge is 0.243 e. The molecule has 9 heteroatoms. The summed E-state index contributed by atoms with van der Waals surface area (Å²) in [5.74, 6) is 0.110. The van der Waals surface area contributed by atoms with Crippen molar-refractivity contribution in [3.8, 4) is 0 Å². The molecule has 1 fully saturated rings. The highest BCUT2D eigenvalue weighted by molar-refractivity contribution is 7.89. The minimum Gasteiger partial charge on any atom is -0.301 e. The van der Waals surface area contributed by atoms with Crippen LogP contribution >= 0.6 is 0 Å². The minimum absolute atomic E-state index is 0.110. The average molecular weight is 446 g/mol. The van der Waals surface area contributed by atoms with Gasteiger partial charge >= 0.3 is 0 Å². The molecule has 0 unspecified atom stereocenters. The van der Waals surface area contributed by atoms with E-state index < -0.39 is 20.0 Å². The van der Waals surface area contributed by atoms with Crippen LogP contribution in [0.15, 0.2) is 4.90 Å². The summed E-state index contributed by atoms with van der Waals surface area (Å²) >= 11 is 0. The van der Waals surface area contributed by atoms with Crippen molar-refractivity contribution < 1.29 is 16.8 Å². The average Bonchev–Trinajstić information content (AvgIpc) is 2.65. The molecule has 0 aromatic heterocycles. The molecule has 1 aromatic rings. The summed E-state index contributed by atoms with van der Waals surface area (Å²) in [7, 11) is -3.67. The van der Waals surface area contributed by atoms with Crippen molar-refractivity contribution in [3.05, 3.63) is 27.8 Å². The van der Waals surface area contributed by atoms with Gasteiger partial charge in [-0.1, -0.05) is 0 Å². The van der Waals surface area contributed by atoms with Crippen LogP contribution in [0.3, 0.4) is 0 Å². The van der Waals surface area contributed by atoms with Crippen LogP contribution < -0.4 is 0 Å². The number of rotatable bonds is 7. The molecule has 166 valence electrons. The van der Waals surface area contributed by atoms with Crippen molar-refractivity contribution in [2.24, 2.45) is 0 Å². The normalized spacial score (nSPS) is 17.2. The van der Waals surface area contributed by atoms with Gasteiger partial charge in [0, 0.05) is 40.3 Å². The SMILES string of the molecule is Cc1c(C)c(C)c(S(=O)(=O)N2CCN(CCCS(=O)(=O)N(C)C)CC2)c(C)c1C. The Morgan fingerprint density at radius 2 is 1.21 bits per heavy atom. The fourth-order valence-electron chi connectivity index (χ4n) is 3.83. The number of benzene rings is 1. The zero-order chi connectivity index (χ0) is 22.1. The van der Waals surface area contributed by atoms with Crippen molar-refractivity contribution in [1.29, 1.82) is 0 Å². The van der Waals surface area contributed by atoms with E-state index in [2.05, 4.69) is 4.90 Å². The van der Waals surface area contributed by atoms with Gasteiger partial charge in [0.15, 0.2) is 0 Å². The maximum atomic E-state index is 13.4. The van der Waals surface area contributed by atoms with Gasteiger partial charge in [0.25, 0.3) is 0 Å². The van der Waals surface area contributed by atoms with Gasteiger partial charge in [0.2, 0.25) is 20.0 Å². The molecule has 0 atom stereocenters. The molecule has 1 aliphatic rings. The summed E-state index contributed by atoms with van der Waals surface area (Å²) in [4.78, 5) is 2.59. The third kappa shape index (κ3) is 5.02. The number of hydrogen-bond acceptors (Lipinski definition) is 5. The van der Waals surface area contributed by atoms with E-state index in [0.717, 1.165) is 27.8 Å². The predicted molar refractivity (Wildman–Crippen MR) is 117 cm³/mol. The van der Waals surface area contributed by atoms with Crippen LogP contribution in [0.5, 0.6) is 0 Å². The van der Waals surface area contributed by atoms with E-state index >= 15 is 0 Å². The highest BCUT2D eigenvalue weighted by Gasteiger charge is 2.32. The van der Waals surface area contributed by atoms with Gasteiger partial charge in [-0.25, -0.2) is 21.1 Å². The molecule has 7 nitrogen and oxygen atoms in total. The standard InChI is InChI=1S/C20H35N3O4S2/c1-15-16(2)18(4)20(19(5)17(15)3)29(26,27)23-12-10-22(11-13-23)9-8-14-28(24,25)21(6)7/h8-14H2,1-7H3. The molecule has 0 amide bonds. The molecule has 2 rings (SSSR count). The minimum atomic E-state index is -3.56. The maximum Gasteiger partial charge on any atom is 0.243 e. The first kappa shape index (κ1) is 24.3. The van der Waals surface area contributed by atoms with Crippen molar-refractivity contribution in [2.75, 3.05) is 52.6 Å². The third-order valence-corrected chi connectivity index (χ3v) is 10.4. The summed E-state index contributed by atoms with van der Waals surface area (Å²) < 4.78 is 53.4. The molecule has 0 radical (unpaired) electrons.